The molecule has 1 heterocycles. The summed E-state index contributed by atoms with van der Waals surface area (Å²) in [7, 11) is 0. The summed E-state index contributed by atoms with van der Waals surface area (Å²) in [5, 5.41) is 11.8. The first-order valence-electron chi connectivity index (χ1n) is 7.18. The molecule has 0 saturated heterocycles. The fourth-order valence-corrected chi connectivity index (χ4v) is 5.64. The Kier molecular flexibility index (Phi) is 4.26. The Bertz CT molecular complexity index is 560. The minimum absolute atomic E-state index is 0.0456. The van der Waals surface area contributed by atoms with E-state index in [1.807, 2.05) is 18.2 Å². The van der Waals surface area contributed by atoms with Crippen molar-refractivity contribution in [3.05, 3.63) is 28.2 Å². The molecule has 4 unspecified atom stereocenters. The number of ether oxygens (including phenoxy) is 1. The lowest BCUT2D eigenvalue weighted by atomic mass is 9.58. The van der Waals surface area contributed by atoms with Crippen LogP contribution in [-0.2, 0) is 0 Å². The lowest BCUT2D eigenvalue weighted by Crippen LogP contribution is -2.61. The topological polar surface area (TPSA) is 29.5 Å². The van der Waals surface area contributed by atoms with E-state index in [9.17, 15) is 5.11 Å². The van der Waals surface area contributed by atoms with Crippen molar-refractivity contribution >= 4 is 47.8 Å². The highest BCUT2D eigenvalue weighted by molar-refractivity contribution is 9.10. The van der Waals surface area contributed by atoms with E-state index in [1.165, 1.54) is 0 Å². The molecular weight excluding hydrogens is 464 g/mol. The van der Waals surface area contributed by atoms with Gasteiger partial charge in [0.2, 0.25) is 0 Å². The third-order valence-corrected chi connectivity index (χ3v) is 8.22. The zero-order valence-corrected chi connectivity index (χ0v) is 16.8. The van der Waals surface area contributed by atoms with Gasteiger partial charge >= 0.3 is 0 Å². The molecule has 1 aliphatic carbocycles. The van der Waals surface area contributed by atoms with Crippen molar-refractivity contribution in [2.75, 3.05) is 5.33 Å². The van der Waals surface area contributed by atoms with Crippen LogP contribution in [0, 0.1) is 11.3 Å². The predicted molar refractivity (Wildman–Crippen MR) is 95.5 cm³/mol. The maximum atomic E-state index is 11.1. The molecule has 2 aliphatic rings. The molecule has 116 valence electrons. The predicted octanol–water partition coefficient (Wildman–Crippen LogP) is 5.21. The quantitative estimate of drug-likeness (QED) is 0.557. The molecule has 1 N–H and O–H groups in total. The van der Waals surface area contributed by atoms with Gasteiger partial charge in [-0.1, -0.05) is 61.6 Å². The van der Waals surface area contributed by atoms with Crippen molar-refractivity contribution in [1.29, 1.82) is 0 Å². The minimum Gasteiger partial charge on any atom is -0.486 e. The summed E-state index contributed by atoms with van der Waals surface area (Å²) < 4.78 is 7.40. The smallest absolute Gasteiger partial charge is 0.126 e. The van der Waals surface area contributed by atoms with Crippen molar-refractivity contribution in [1.82, 2.24) is 0 Å². The van der Waals surface area contributed by atoms with Crippen LogP contribution in [-0.4, -0.2) is 20.9 Å². The van der Waals surface area contributed by atoms with Gasteiger partial charge in [0.1, 0.15) is 11.4 Å². The Morgan fingerprint density at radius 1 is 1.38 bits per heavy atom. The van der Waals surface area contributed by atoms with Crippen LogP contribution in [0.25, 0.3) is 0 Å². The Labute approximate surface area is 151 Å². The van der Waals surface area contributed by atoms with Crippen LogP contribution in [0.15, 0.2) is 22.7 Å². The first-order valence-corrected chi connectivity index (χ1v) is 10.0. The number of hydrogen-bond donors (Lipinski definition) is 1. The number of halogens is 3. The van der Waals surface area contributed by atoms with E-state index in [0.29, 0.717) is 4.83 Å². The minimum atomic E-state index is -0.515. The molecule has 0 aromatic heterocycles. The number of hydrogen-bond acceptors (Lipinski definition) is 2. The van der Waals surface area contributed by atoms with E-state index in [1.54, 1.807) is 0 Å². The molecule has 4 atom stereocenters. The van der Waals surface area contributed by atoms with Crippen molar-refractivity contribution in [3.63, 3.8) is 0 Å². The van der Waals surface area contributed by atoms with Crippen molar-refractivity contribution < 1.29 is 9.84 Å². The van der Waals surface area contributed by atoms with Gasteiger partial charge in [0.25, 0.3) is 0 Å². The molecule has 0 radical (unpaired) electrons. The molecule has 1 aromatic carbocycles. The Morgan fingerprint density at radius 2 is 2.10 bits per heavy atom. The molecule has 1 aliphatic heterocycles. The summed E-state index contributed by atoms with van der Waals surface area (Å²) >= 11 is 11.0. The van der Waals surface area contributed by atoms with Crippen LogP contribution in [0.1, 0.15) is 38.4 Å². The van der Waals surface area contributed by atoms with E-state index < -0.39 is 6.10 Å². The average Bonchev–Trinajstić information content (AvgIpc) is 2.44. The van der Waals surface area contributed by atoms with Crippen molar-refractivity contribution in [3.8, 4) is 5.75 Å². The number of aliphatic hydroxyl groups excluding tert-OH is 1. The molecule has 0 spiro atoms. The molecule has 2 nitrogen and oxygen atoms in total. The molecule has 1 fully saturated rings. The summed E-state index contributed by atoms with van der Waals surface area (Å²) in [6.07, 6.45) is 1.47. The second-order valence-corrected chi connectivity index (χ2v) is 9.31. The van der Waals surface area contributed by atoms with Gasteiger partial charge < -0.3 is 9.84 Å². The highest BCUT2D eigenvalue weighted by Crippen LogP contribution is 2.59. The normalized spacial score (nSPS) is 37.3. The Morgan fingerprint density at radius 3 is 2.76 bits per heavy atom. The van der Waals surface area contributed by atoms with Crippen LogP contribution < -0.4 is 4.74 Å². The Hall–Kier alpha value is 0.420. The third-order valence-electron chi connectivity index (χ3n) is 5.14. The first-order chi connectivity index (χ1) is 9.82. The molecule has 3 rings (SSSR count). The molecular formula is C16H19Br3O2. The second-order valence-electron chi connectivity index (χ2n) is 6.73. The van der Waals surface area contributed by atoms with Gasteiger partial charge in [0.15, 0.2) is 0 Å². The SMILES string of the molecule is CC1(C)C(Br)CCC2(CBr)Oc3ccc(Br)cc3C(O)C21. The van der Waals surface area contributed by atoms with Crippen molar-refractivity contribution in [2.45, 2.75) is 43.2 Å². The van der Waals surface area contributed by atoms with E-state index in [2.05, 4.69) is 61.6 Å². The summed E-state index contributed by atoms with van der Waals surface area (Å²) in [4.78, 5) is 0.383. The fourth-order valence-electron chi connectivity index (χ4n) is 4.00. The van der Waals surface area contributed by atoms with E-state index >= 15 is 0 Å². The van der Waals surface area contributed by atoms with Crippen molar-refractivity contribution in [2.24, 2.45) is 11.3 Å². The van der Waals surface area contributed by atoms with Gasteiger partial charge in [-0.15, -0.1) is 0 Å². The molecule has 0 bridgehead atoms. The fraction of sp³-hybridized carbons (Fsp3) is 0.625. The maximum Gasteiger partial charge on any atom is 0.126 e. The molecule has 0 amide bonds. The lowest BCUT2D eigenvalue weighted by molar-refractivity contribution is -0.135. The van der Waals surface area contributed by atoms with Crippen LogP contribution in [0.3, 0.4) is 0 Å². The first kappa shape index (κ1) is 16.3. The second kappa shape index (κ2) is 5.50. The van der Waals surface area contributed by atoms with Crippen LogP contribution in [0.2, 0.25) is 0 Å². The van der Waals surface area contributed by atoms with Gasteiger partial charge in [0.05, 0.1) is 6.10 Å². The summed E-state index contributed by atoms with van der Waals surface area (Å²) in [5.74, 6) is 0.856. The number of alkyl halides is 2. The summed E-state index contributed by atoms with van der Waals surface area (Å²) in [6, 6.07) is 5.90. The summed E-state index contributed by atoms with van der Waals surface area (Å²) in [5.41, 5.74) is 0.500. The molecule has 21 heavy (non-hydrogen) atoms. The van der Waals surface area contributed by atoms with E-state index in [4.69, 9.17) is 4.74 Å². The van der Waals surface area contributed by atoms with Gasteiger partial charge in [0, 0.05) is 26.1 Å². The van der Waals surface area contributed by atoms with Gasteiger partial charge in [-0.2, -0.15) is 0 Å². The van der Waals surface area contributed by atoms with E-state index in [-0.39, 0.29) is 16.9 Å². The molecule has 1 saturated carbocycles. The van der Waals surface area contributed by atoms with Crippen LogP contribution in [0.5, 0.6) is 5.75 Å². The van der Waals surface area contributed by atoms with E-state index in [0.717, 1.165) is 34.0 Å². The number of rotatable bonds is 1. The number of fused-ring (bicyclic) bond motifs is 2. The van der Waals surface area contributed by atoms with Crippen LogP contribution >= 0.6 is 47.8 Å². The largest absolute Gasteiger partial charge is 0.486 e. The maximum absolute atomic E-state index is 11.1. The third kappa shape index (κ3) is 2.43. The van der Waals surface area contributed by atoms with Gasteiger partial charge in [-0.3, -0.25) is 0 Å². The highest BCUT2D eigenvalue weighted by Gasteiger charge is 2.59. The Balaban J connectivity index is 2.15. The lowest BCUT2D eigenvalue weighted by Gasteiger charge is -2.57. The zero-order valence-electron chi connectivity index (χ0n) is 12.1. The number of aliphatic hydroxyl groups is 1. The average molecular weight is 483 g/mol. The standard InChI is InChI=1S/C16H19Br3O2/c1-15(2)12(19)5-6-16(8-17)14(15)13(20)10-7-9(18)3-4-11(10)21-16/h3-4,7,12-14,20H,5-6,8H2,1-2H3. The molecule has 5 heteroatoms. The van der Waals surface area contributed by atoms with Gasteiger partial charge in [-0.05, 0) is 36.5 Å². The number of benzene rings is 1. The summed E-state index contributed by atoms with van der Waals surface area (Å²) in [6.45, 7) is 4.45. The van der Waals surface area contributed by atoms with Gasteiger partial charge in [-0.25, -0.2) is 0 Å². The monoisotopic (exact) mass is 480 g/mol. The highest BCUT2D eigenvalue weighted by atomic mass is 79.9. The molecule has 1 aromatic rings. The zero-order chi connectivity index (χ0) is 15.4. The van der Waals surface area contributed by atoms with Crippen LogP contribution in [0.4, 0.5) is 0 Å².